The number of para-hydroxylation sites is 36. The molecule has 0 aromatic heterocycles. The van der Waals surface area contributed by atoms with Crippen molar-refractivity contribution in [2.75, 3.05) is 154 Å². The summed E-state index contributed by atoms with van der Waals surface area (Å²) in [6.07, 6.45) is 1.63. The fourth-order valence-corrected chi connectivity index (χ4v) is 18.7. The third-order valence-corrected chi connectivity index (χ3v) is 25.9. The maximum Gasteiger partial charge on any atom is 0.303 e. The van der Waals surface area contributed by atoms with Gasteiger partial charge in [-0.25, -0.2) is 0 Å². The quantitative estimate of drug-likeness (QED) is 0.0716. The van der Waals surface area contributed by atoms with Crippen molar-refractivity contribution in [3.63, 3.8) is 0 Å². The van der Waals surface area contributed by atoms with Crippen LogP contribution in [-0.4, -0.2) is 73.0 Å². The van der Waals surface area contributed by atoms with Crippen molar-refractivity contribution in [3.8, 4) is 0 Å². The number of nitrogens with zero attached hydrogens (tertiary/aromatic N) is 8. The van der Waals surface area contributed by atoms with Crippen LogP contribution in [0.2, 0.25) is 0 Å². The van der Waals surface area contributed by atoms with Crippen molar-refractivity contribution >= 4 is 211 Å². The molecule has 18 aromatic carbocycles. The second kappa shape index (κ2) is 43.4. The van der Waals surface area contributed by atoms with E-state index in [4.69, 9.17) is 10.8 Å². The number of hydrogen-bond acceptors (Lipinski definition) is 20. The lowest BCUT2D eigenvalue weighted by molar-refractivity contribution is -0.137. The van der Waals surface area contributed by atoms with Crippen molar-refractivity contribution < 1.29 is 9.90 Å². The van der Waals surface area contributed by atoms with Crippen molar-refractivity contribution in [1.82, 2.24) is 0 Å². The first kappa shape index (κ1) is 92.8. The van der Waals surface area contributed by atoms with Crippen molar-refractivity contribution in [3.05, 3.63) is 437 Å². The van der Waals surface area contributed by atoms with E-state index in [1.807, 2.05) is 121 Å². The minimum atomic E-state index is -0.774. The molecule has 0 unspecified atom stereocenters. The average molecular weight is 1870 g/mol. The predicted octanol–water partition coefficient (Wildman–Crippen LogP) is 31.5. The first-order valence-corrected chi connectivity index (χ1v) is 48.0. The lowest BCUT2D eigenvalue weighted by Crippen LogP contribution is -2.22. The number of nitrogens with two attached hydrogens (primary N) is 1. The van der Waals surface area contributed by atoms with E-state index in [0.29, 0.717) is 19.5 Å². The molecule has 24 rings (SSSR count). The summed E-state index contributed by atoms with van der Waals surface area (Å²) in [5.41, 5.74) is 45.4. The molecule has 21 nitrogen and oxygen atoms in total. The van der Waals surface area contributed by atoms with Crippen LogP contribution in [0, 0.1) is 0 Å². The van der Waals surface area contributed by atoms with Gasteiger partial charge in [0, 0.05) is 61.8 Å². The van der Waals surface area contributed by atoms with Gasteiger partial charge in [0.2, 0.25) is 0 Å². The highest BCUT2D eigenvalue weighted by atomic mass is 16.4. The van der Waals surface area contributed by atoms with Crippen LogP contribution in [0.25, 0.3) is 0 Å². The van der Waals surface area contributed by atoms with Gasteiger partial charge in [0.05, 0.1) is 205 Å². The first-order chi connectivity index (χ1) is 69.7. The van der Waals surface area contributed by atoms with E-state index in [1.165, 1.54) is 45.5 Å². The molecule has 0 saturated heterocycles. The smallest absolute Gasteiger partial charge is 0.303 e. The monoisotopic (exact) mass is 1870 g/mol. The van der Waals surface area contributed by atoms with Crippen molar-refractivity contribution in [1.29, 1.82) is 0 Å². The molecule has 0 spiro atoms. The van der Waals surface area contributed by atoms with Crippen LogP contribution >= 0.6 is 0 Å². The van der Waals surface area contributed by atoms with Crippen molar-refractivity contribution in [2.24, 2.45) is 5.73 Å². The maximum atomic E-state index is 11.0. The van der Waals surface area contributed by atoms with E-state index >= 15 is 0 Å². The molecule has 0 bridgehead atoms. The third kappa shape index (κ3) is 20.6. The number of fused-ring (bicyclic) bond motifs is 18. The van der Waals surface area contributed by atoms with Crippen LogP contribution in [0.15, 0.2) is 437 Å². The van der Waals surface area contributed by atoms with E-state index in [2.05, 4.69) is 450 Å². The zero-order valence-corrected chi connectivity index (χ0v) is 80.3. The van der Waals surface area contributed by atoms with E-state index in [1.54, 1.807) is 0 Å². The molecule has 6 aliphatic rings. The first-order valence-electron chi connectivity index (χ1n) is 48.0. The molecule has 18 aromatic rings. The van der Waals surface area contributed by atoms with Crippen LogP contribution in [0.3, 0.4) is 0 Å². The molecule has 706 valence electrons. The van der Waals surface area contributed by atoms with E-state index in [-0.39, 0.29) is 6.42 Å². The highest BCUT2D eigenvalue weighted by Crippen LogP contribution is 2.52. The van der Waals surface area contributed by atoms with Gasteiger partial charge in [-0.2, -0.15) is 0 Å². The summed E-state index contributed by atoms with van der Waals surface area (Å²) in [5.74, 6) is -0.774. The molecule has 0 amide bonds. The zero-order chi connectivity index (χ0) is 97.2. The van der Waals surface area contributed by atoms with Crippen LogP contribution in [0.4, 0.5) is 205 Å². The number of rotatable bonds is 7. The summed E-state index contributed by atoms with van der Waals surface area (Å²) in [6.45, 7) is 2.15. The molecule has 6 aliphatic heterocycles. The molecule has 0 saturated carbocycles. The van der Waals surface area contributed by atoms with Gasteiger partial charge in [0.15, 0.2) is 0 Å². The van der Waals surface area contributed by atoms with Gasteiger partial charge in [-0.3, -0.25) is 4.79 Å². The van der Waals surface area contributed by atoms with E-state index < -0.39 is 5.97 Å². The largest absolute Gasteiger partial charge is 0.481 e. The number of benzene rings is 18. The fraction of sp³-hybridized carbons (Fsp3) is 0.0992. The number of carbonyl (C=O) groups is 1. The normalized spacial score (nSPS) is 12.6. The molecular formula is C121H115N19O2. The van der Waals surface area contributed by atoms with E-state index in [0.717, 1.165) is 172 Å². The summed E-state index contributed by atoms with van der Waals surface area (Å²) >= 11 is 0. The number of carboxylic acid groups (broad SMARTS) is 1. The Kier molecular flexibility index (Phi) is 28.4. The summed E-state index contributed by atoms with van der Waals surface area (Å²) in [6, 6.07) is 150. The Morgan fingerprint density at radius 2 is 0.303 bits per heavy atom. The van der Waals surface area contributed by atoms with Crippen LogP contribution < -0.4 is 98.1 Å². The standard InChI is InChI=1S/C22H21N3O2.C21H22N4.C21H21N3.C20H19N3.C19H17N3.C18H15N3/c26-22(27)14-7-15-25-20-12-5-3-10-18(20)23-16-8-1-2-9-17(16)24-19-11-4-6-13-21(19)25;22-14-7-15-25-20-12-5-3-10-18(20)23-16-8-1-2-9-17(16)24-19-11-4-6-13-21(19)25;1-22-16-10-4-6-12-18(16)23(2)20-14-8-9-15-21(20)24(3)19-13-7-5-11-17(19)22;1-22-17-11-5-3-9-15(17)21-16-10-4-6-12-18(16)23(2)20-14-8-7-13-19(20)22;1-22-18-12-6-4-10-16(18)20-14-8-2-3-9-15(14)21-17-11-5-7-13-19(17)22;1-2-8-14-13(7-1)19-15-9-3-4-10-16(15)21-18-12-6-5-11-17(18)20-14/h1-6,8-13,23-24H,7,14-15H2,(H,26,27);1-6,8-13,23-24H,7,14-15,22H2;4-15H,1-3H3;3-14,21H,1-2H3;2-13,20-21H,1H3;1-12,19-21H. The maximum absolute atomic E-state index is 11.0. The molecule has 0 fully saturated rings. The van der Waals surface area contributed by atoms with Gasteiger partial charge in [-0.1, -0.05) is 218 Å². The lowest BCUT2D eigenvalue weighted by atomic mass is 10.1. The molecule has 13 N–H and O–H groups in total. The Bertz CT molecular complexity index is 6840. The summed E-state index contributed by atoms with van der Waals surface area (Å²) < 4.78 is 0. The second-order valence-electron chi connectivity index (χ2n) is 34.9. The number of carboxylic acids is 1. The summed E-state index contributed by atoms with van der Waals surface area (Å²) in [4.78, 5) is 29.0. The third-order valence-electron chi connectivity index (χ3n) is 25.9. The van der Waals surface area contributed by atoms with Gasteiger partial charge in [-0.15, -0.1) is 0 Å². The molecule has 21 heteroatoms. The van der Waals surface area contributed by atoms with Gasteiger partial charge < -0.3 is 103 Å². The zero-order valence-electron chi connectivity index (χ0n) is 80.3. The minimum Gasteiger partial charge on any atom is -0.481 e. The Labute approximate surface area is 831 Å². The Morgan fingerprint density at radius 1 is 0.183 bits per heavy atom. The van der Waals surface area contributed by atoms with Gasteiger partial charge in [-0.05, 0) is 238 Å². The van der Waals surface area contributed by atoms with Gasteiger partial charge in [0.25, 0.3) is 0 Å². The Hall–Kier alpha value is -18.2. The summed E-state index contributed by atoms with van der Waals surface area (Å²) in [7, 11) is 12.7. The van der Waals surface area contributed by atoms with Gasteiger partial charge >= 0.3 is 5.97 Å². The highest BCUT2D eigenvalue weighted by molar-refractivity contribution is 6.00. The molecule has 0 atom stereocenters. The Morgan fingerprint density at radius 3 is 0.479 bits per heavy atom. The topological polar surface area (TPSA) is 210 Å². The fourth-order valence-electron chi connectivity index (χ4n) is 18.7. The van der Waals surface area contributed by atoms with Crippen LogP contribution in [0.1, 0.15) is 19.3 Å². The number of hydrogen-bond donors (Lipinski definition) is 12. The minimum absolute atomic E-state index is 0.141. The van der Waals surface area contributed by atoms with Gasteiger partial charge in [0.1, 0.15) is 0 Å². The number of aliphatic carboxylic acids is 1. The molecular weight excluding hydrogens is 1750 g/mol. The predicted molar refractivity (Wildman–Crippen MR) is 602 cm³/mol. The van der Waals surface area contributed by atoms with Crippen LogP contribution in [0.5, 0.6) is 0 Å². The average Bonchev–Trinajstić information content (AvgIpc) is 1.62. The number of anilines is 36. The molecule has 6 heterocycles. The molecule has 142 heavy (non-hydrogen) atoms. The second-order valence-corrected chi connectivity index (χ2v) is 34.9. The van der Waals surface area contributed by atoms with E-state index in [9.17, 15) is 4.79 Å². The SMILES string of the molecule is CN1c2ccccc2N(C)c2ccccc2N(C)c2ccccc21.CN1c2ccccc2Nc2ccccc2N(C)c2ccccc21.CN1c2ccccc2Nc2ccccc2Nc2ccccc21.NCCCN1c2ccccc2Nc2ccccc2Nc2ccccc21.O=C(O)CCCN1c2ccccc2Nc2ccccc2Nc2ccccc21.c1ccc2c(c1)Nc1ccccc1Nc1ccccc1N2. The number of nitrogens with one attached hydrogen (secondary N) is 10. The lowest BCUT2D eigenvalue weighted by Gasteiger charge is -2.28. The Balaban J connectivity index is 0.000000108. The molecule has 0 aliphatic carbocycles. The molecule has 0 radical (unpaired) electrons. The van der Waals surface area contributed by atoms with Crippen molar-refractivity contribution in [2.45, 2.75) is 19.3 Å². The highest BCUT2D eigenvalue weighted by Gasteiger charge is 2.28. The van der Waals surface area contributed by atoms with Crippen LogP contribution in [-0.2, 0) is 4.79 Å². The summed E-state index contributed by atoms with van der Waals surface area (Å²) in [5, 5.41) is 44.4.